The summed E-state index contributed by atoms with van der Waals surface area (Å²) in [5.74, 6) is 3.92. The van der Waals surface area contributed by atoms with Crippen LogP contribution in [0.3, 0.4) is 0 Å². The molecule has 3 fully saturated rings. The Morgan fingerprint density at radius 2 is 1.87 bits per heavy atom. The fourth-order valence-corrected chi connectivity index (χ4v) is 5.00. The SMILES string of the molecule is Cc1nnc2ccc(N3CCN(C4CC5CCC4C5)CC3)nn12. The van der Waals surface area contributed by atoms with Gasteiger partial charge in [-0.1, -0.05) is 6.42 Å². The minimum atomic E-state index is 0.826. The van der Waals surface area contributed by atoms with Gasteiger partial charge in [0.2, 0.25) is 0 Å². The molecule has 3 unspecified atom stereocenters. The molecule has 2 aliphatic carbocycles. The van der Waals surface area contributed by atoms with Crippen LogP contribution in [-0.4, -0.2) is 56.9 Å². The van der Waals surface area contributed by atoms with E-state index in [2.05, 4.69) is 26.1 Å². The van der Waals surface area contributed by atoms with E-state index < -0.39 is 0 Å². The minimum Gasteiger partial charge on any atom is -0.353 e. The van der Waals surface area contributed by atoms with Crippen molar-refractivity contribution in [2.75, 3.05) is 31.1 Å². The van der Waals surface area contributed by atoms with Gasteiger partial charge in [-0.3, -0.25) is 4.90 Å². The standard InChI is InChI=1S/C17H24N6/c1-12-18-19-16-4-5-17(20-23(12)16)22-8-6-21(7-9-22)15-11-13-2-3-14(15)10-13/h4-5,13-15H,2-3,6-11H2,1H3. The van der Waals surface area contributed by atoms with Crippen LogP contribution >= 0.6 is 0 Å². The van der Waals surface area contributed by atoms with Gasteiger partial charge in [0.05, 0.1) is 0 Å². The van der Waals surface area contributed by atoms with Crippen molar-refractivity contribution in [2.45, 2.75) is 38.6 Å². The molecule has 0 amide bonds. The Bertz CT molecular complexity index is 717. The zero-order valence-electron chi connectivity index (χ0n) is 13.7. The van der Waals surface area contributed by atoms with Gasteiger partial charge in [0.15, 0.2) is 11.5 Å². The van der Waals surface area contributed by atoms with Crippen LogP contribution in [0.1, 0.15) is 31.5 Å². The van der Waals surface area contributed by atoms with Crippen molar-refractivity contribution in [1.82, 2.24) is 24.7 Å². The number of nitrogens with zero attached hydrogens (tertiary/aromatic N) is 6. The molecular formula is C17H24N6. The minimum absolute atomic E-state index is 0.826. The molecule has 3 heterocycles. The van der Waals surface area contributed by atoms with Gasteiger partial charge >= 0.3 is 0 Å². The second-order valence-electron chi connectivity index (χ2n) is 7.47. The molecule has 0 N–H and O–H groups in total. The van der Waals surface area contributed by atoms with E-state index in [-0.39, 0.29) is 0 Å². The fraction of sp³-hybridized carbons (Fsp3) is 0.706. The third kappa shape index (κ3) is 2.23. The molecule has 0 radical (unpaired) electrons. The highest BCUT2D eigenvalue weighted by Gasteiger charge is 2.42. The topological polar surface area (TPSA) is 49.6 Å². The second-order valence-corrected chi connectivity index (χ2v) is 7.47. The molecule has 122 valence electrons. The number of hydrogen-bond donors (Lipinski definition) is 0. The number of anilines is 1. The first kappa shape index (κ1) is 13.7. The molecule has 2 bridgehead atoms. The van der Waals surface area contributed by atoms with Crippen LogP contribution in [0.5, 0.6) is 0 Å². The summed E-state index contributed by atoms with van der Waals surface area (Å²) in [6, 6.07) is 4.97. The van der Waals surface area contributed by atoms with Crippen LogP contribution in [0.15, 0.2) is 12.1 Å². The third-order valence-corrected chi connectivity index (χ3v) is 6.21. The number of fused-ring (bicyclic) bond motifs is 3. The molecule has 3 atom stereocenters. The molecular weight excluding hydrogens is 288 g/mol. The van der Waals surface area contributed by atoms with E-state index in [9.17, 15) is 0 Å². The first-order valence-electron chi connectivity index (χ1n) is 8.96. The van der Waals surface area contributed by atoms with E-state index in [0.29, 0.717) is 0 Å². The molecule has 2 aromatic heterocycles. The predicted octanol–water partition coefficient (Wildman–Crippen LogP) is 1.74. The zero-order valence-corrected chi connectivity index (χ0v) is 13.7. The molecule has 6 heteroatoms. The lowest BCUT2D eigenvalue weighted by Crippen LogP contribution is -2.52. The summed E-state index contributed by atoms with van der Waals surface area (Å²) >= 11 is 0. The van der Waals surface area contributed by atoms with E-state index in [1.165, 1.54) is 38.8 Å². The lowest BCUT2D eigenvalue weighted by atomic mass is 9.93. The molecule has 23 heavy (non-hydrogen) atoms. The third-order valence-electron chi connectivity index (χ3n) is 6.21. The summed E-state index contributed by atoms with van der Waals surface area (Å²) in [5, 5.41) is 12.9. The van der Waals surface area contributed by atoms with Crippen LogP contribution < -0.4 is 4.90 Å². The van der Waals surface area contributed by atoms with Gasteiger partial charge in [-0.15, -0.1) is 15.3 Å². The summed E-state index contributed by atoms with van der Waals surface area (Å²) in [4.78, 5) is 5.16. The van der Waals surface area contributed by atoms with E-state index in [4.69, 9.17) is 5.10 Å². The Hall–Kier alpha value is -1.69. The highest BCUT2D eigenvalue weighted by atomic mass is 15.4. The summed E-state index contributed by atoms with van der Waals surface area (Å²) in [6.45, 7) is 6.45. The molecule has 2 aromatic rings. The maximum Gasteiger partial charge on any atom is 0.178 e. The van der Waals surface area contributed by atoms with Gasteiger partial charge in [0.25, 0.3) is 0 Å². The maximum absolute atomic E-state index is 4.72. The average molecular weight is 312 g/mol. The quantitative estimate of drug-likeness (QED) is 0.845. The lowest BCUT2D eigenvalue weighted by molar-refractivity contribution is 0.134. The highest BCUT2D eigenvalue weighted by Crippen LogP contribution is 2.46. The van der Waals surface area contributed by atoms with Gasteiger partial charge in [-0.25, -0.2) is 0 Å². The molecule has 5 rings (SSSR count). The van der Waals surface area contributed by atoms with Crippen LogP contribution in [0.25, 0.3) is 5.65 Å². The first-order valence-corrected chi connectivity index (χ1v) is 8.96. The largest absolute Gasteiger partial charge is 0.353 e. The second kappa shape index (κ2) is 5.16. The van der Waals surface area contributed by atoms with Crippen molar-refractivity contribution in [1.29, 1.82) is 0 Å². The molecule has 3 aliphatic rings. The van der Waals surface area contributed by atoms with Crippen LogP contribution in [-0.2, 0) is 0 Å². The summed E-state index contributed by atoms with van der Waals surface area (Å²) < 4.78 is 1.84. The Labute approximate surface area is 136 Å². The number of aryl methyl sites for hydroxylation is 1. The van der Waals surface area contributed by atoms with Crippen molar-refractivity contribution >= 4 is 11.5 Å². The van der Waals surface area contributed by atoms with Crippen molar-refractivity contribution in [3.63, 3.8) is 0 Å². The van der Waals surface area contributed by atoms with E-state index in [0.717, 1.165) is 48.3 Å². The first-order chi connectivity index (χ1) is 11.3. The molecule has 0 spiro atoms. The van der Waals surface area contributed by atoms with Crippen LogP contribution in [0.2, 0.25) is 0 Å². The molecule has 2 saturated carbocycles. The molecule has 1 aliphatic heterocycles. The fourth-order valence-electron chi connectivity index (χ4n) is 5.00. The van der Waals surface area contributed by atoms with E-state index >= 15 is 0 Å². The Morgan fingerprint density at radius 3 is 2.61 bits per heavy atom. The average Bonchev–Trinajstić information content (AvgIpc) is 3.31. The number of hydrogen-bond acceptors (Lipinski definition) is 5. The number of aromatic nitrogens is 4. The van der Waals surface area contributed by atoms with E-state index in [1.807, 2.05) is 17.5 Å². The zero-order chi connectivity index (χ0) is 15.4. The van der Waals surface area contributed by atoms with Crippen molar-refractivity contribution in [2.24, 2.45) is 11.8 Å². The van der Waals surface area contributed by atoms with E-state index in [1.54, 1.807) is 0 Å². The molecule has 1 saturated heterocycles. The Kier molecular flexibility index (Phi) is 3.08. The highest BCUT2D eigenvalue weighted by molar-refractivity contribution is 5.46. The molecule has 0 aromatic carbocycles. The maximum atomic E-state index is 4.72. The monoisotopic (exact) mass is 312 g/mol. The summed E-state index contributed by atoms with van der Waals surface area (Å²) in [6.07, 6.45) is 5.91. The van der Waals surface area contributed by atoms with Gasteiger partial charge in [0.1, 0.15) is 5.82 Å². The Morgan fingerprint density at radius 1 is 1.00 bits per heavy atom. The van der Waals surface area contributed by atoms with Crippen LogP contribution in [0, 0.1) is 18.8 Å². The smallest absolute Gasteiger partial charge is 0.178 e. The van der Waals surface area contributed by atoms with Gasteiger partial charge < -0.3 is 4.90 Å². The predicted molar refractivity (Wildman–Crippen MR) is 88.5 cm³/mol. The van der Waals surface area contributed by atoms with Gasteiger partial charge in [-0.05, 0) is 50.2 Å². The van der Waals surface area contributed by atoms with Crippen molar-refractivity contribution in [3.05, 3.63) is 18.0 Å². The summed E-state index contributed by atoms with van der Waals surface area (Å²) in [5.41, 5.74) is 0.826. The summed E-state index contributed by atoms with van der Waals surface area (Å²) in [7, 11) is 0. The lowest BCUT2D eigenvalue weighted by Gasteiger charge is -2.41. The Balaban J connectivity index is 1.29. The molecule has 6 nitrogen and oxygen atoms in total. The normalized spacial score (nSPS) is 31.3. The van der Waals surface area contributed by atoms with Crippen LogP contribution in [0.4, 0.5) is 5.82 Å². The van der Waals surface area contributed by atoms with Gasteiger partial charge in [0, 0.05) is 32.2 Å². The van der Waals surface area contributed by atoms with Crippen molar-refractivity contribution < 1.29 is 0 Å². The van der Waals surface area contributed by atoms with Gasteiger partial charge in [-0.2, -0.15) is 4.52 Å². The number of rotatable bonds is 2. The van der Waals surface area contributed by atoms with Crippen molar-refractivity contribution in [3.8, 4) is 0 Å². The number of piperazine rings is 1.